The first-order valence-corrected chi connectivity index (χ1v) is 6.12. The maximum atomic E-state index is 6.20. The number of nitrogens with zero attached hydrogens (tertiary/aromatic N) is 4. The van der Waals surface area contributed by atoms with Gasteiger partial charge in [0.1, 0.15) is 0 Å². The average molecular weight is 249 g/mol. The van der Waals surface area contributed by atoms with Crippen LogP contribution < -0.4 is 5.73 Å². The molecule has 0 aliphatic rings. The van der Waals surface area contributed by atoms with Crippen molar-refractivity contribution in [3.63, 3.8) is 0 Å². The van der Waals surface area contributed by atoms with Gasteiger partial charge < -0.3 is 10.3 Å². The van der Waals surface area contributed by atoms with E-state index >= 15 is 0 Å². The molecule has 2 rings (SSSR count). The van der Waals surface area contributed by atoms with Gasteiger partial charge in [0.05, 0.1) is 11.7 Å². The van der Waals surface area contributed by atoms with E-state index in [2.05, 4.69) is 22.2 Å². The molecule has 0 amide bonds. The molecule has 1 atom stereocenters. The molecule has 0 radical (unpaired) electrons. The van der Waals surface area contributed by atoms with Crippen molar-refractivity contribution in [3.8, 4) is 0 Å². The van der Waals surface area contributed by atoms with E-state index in [1.807, 2.05) is 25.6 Å². The van der Waals surface area contributed by atoms with Gasteiger partial charge in [0.15, 0.2) is 5.82 Å². The Morgan fingerprint density at radius 1 is 1.39 bits per heavy atom. The molecule has 1 unspecified atom stereocenters. The van der Waals surface area contributed by atoms with Gasteiger partial charge >= 0.3 is 0 Å². The summed E-state index contributed by atoms with van der Waals surface area (Å²) in [7, 11) is 1.90. The highest BCUT2D eigenvalue weighted by molar-refractivity contribution is 5.31. The van der Waals surface area contributed by atoms with Gasteiger partial charge in [-0.1, -0.05) is 12.1 Å². The maximum absolute atomic E-state index is 6.20. The summed E-state index contributed by atoms with van der Waals surface area (Å²) in [5.41, 5.74) is 9.11. The quantitative estimate of drug-likeness (QED) is 0.886. The van der Waals surface area contributed by atoms with E-state index in [-0.39, 0.29) is 6.04 Å². The summed E-state index contributed by atoms with van der Waals surface area (Å²) in [6.45, 7) is 6.00. The fourth-order valence-corrected chi connectivity index (χ4v) is 2.08. The molecule has 0 saturated carbocycles. The third-order valence-corrected chi connectivity index (χ3v) is 3.10. The predicted molar refractivity (Wildman–Crippen MR) is 67.0 cm³/mol. The van der Waals surface area contributed by atoms with Gasteiger partial charge in [0.25, 0.3) is 0 Å². The number of nitrogens with two attached hydrogens (primary N) is 1. The second kappa shape index (κ2) is 4.89. The summed E-state index contributed by atoms with van der Waals surface area (Å²) >= 11 is 0. The molecule has 0 aliphatic carbocycles. The molecule has 6 heteroatoms. The van der Waals surface area contributed by atoms with Crippen LogP contribution in [0.2, 0.25) is 0 Å². The van der Waals surface area contributed by atoms with E-state index < -0.39 is 0 Å². The fourth-order valence-electron chi connectivity index (χ4n) is 2.08. The number of aromatic nitrogens is 4. The second-order valence-corrected chi connectivity index (χ2v) is 4.48. The van der Waals surface area contributed by atoms with Crippen molar-refractivity contribution >= 4 is 0 Å². The zero-order valence-corrected chi connectivity index (χ0v) is 11.3. The number of hydrogen-bond acceptors (Lipinski definition) is 5. The van der Waals surface area contributed by atoms with Crippen molar-refractivity contribution in [1.29, 1.82) is 0 Å². The molecule has 2 aromatic heterocycles. The van der Waals surface area contributed by atoms with Crippen LogP contribution in [-0.2, 0) is 13.5 Å². The van der Waals surface area contributed by atoms with E-state index in [0.29, 0.717) is 11.7 Å². The molecular formula is C12H19N5O. The van der Waals surface area contributed by atoms with Crippen molar-refractivity contribution in [2.45, 2.75) is 39.7 Å². The minimum Gasteiger partial charge on any atom is -0.339 e. The van der Waals surface area contributed by atoms with Crippen LogP contribution in [0.25, 0.3) is 0 Å². The first kappa shape index (κ1) is 12.8. The Hall–Kier alpha value is -1.69. The molecule has 0 bridgehead atoms. The molecule has 0 spiro atoms. The summed E-state index contributed by atoms with van der Waals surface area (Å²) in [4.78, 5) is 4.33. The highest BCUT2D eigenvalue weighted by Gasteiger charge is 2.22. The number of rotatable bonds is 4. The zero-order valence-electron chi connectivity index (χ0n) is 11.3. The molecule has 2 aromatic rings. The first-order chi connectivity index (χ1) is 8.54. The van der Waals surface area contributed by atoms with Crippen molar-refractivity contribution in [1.82, 2.24) is 19.9 Å². The maximum Gasteiger partial charge on any atom is 0.226 e. The van der Waals surface area contributed by atoms with Crippen LogP contribution in [0, 0.1) is 13.8 Å². The smallest absolute Gasteiger partial charge is 0.226 e. The monoisotopic (exact) mass is 249 g/mol. The van der Waals surface area contributed by atoms with Gasteiger partial charge in [-0.05, 0) is 20.3 Å². The molecular weight excluding hydrogens is 230 g/mol. The van der Waals surface area contributed by atoms with Crippen LogP contribution in [0.5, 0.6) is 0 Å². The Bertz CT molecular complexity index is 543. The zero-order chi connectivity index (χ0) is 13.3. The third-order valence-electron chi connectivity index (χ3n) is 3.10. The first-order valence-electron chi connectivity index (χ1n) is 6.12. The normalized spacial score (nSPS) is 12.9. The highest BCUT2D eigenvalue weighted by atomic mass is 16.5. The van der Waals surface area contributed by atoms with E-state index in [1.54, 1.807) is 0 Å². The summed E-state index contributed by atoms with van der Waals surface area (Å²) in [5.74, 6) is 1.17. The van der Waals surface area contributed by atoms with Crippen LogP contribution in [0.3, 0.4) is 0 Å². The van der Waals surface area contributed by atoms with Gasteiger partial charge in [-0.3, -0.25) is 4.68 Å². The standard InChI is InChI=1S/C12H19N5O/c1-5-6-9-14-12(16-18-9)11(13)10-7(2)15-17(4)8(10)3/h11H,5-6,13H2,1-4H3. The summed E-state index contributed by atoms with van der Waals surface area (Å²) < 4.78 is 6.98. The van der Waals surface area contributed by atoms with Crippen LogP contribution in [0.15, 0.2) is 4.52 Å². The van der Waals surface area contributed by atoms with E-state index in [0.717, 1.165) is 29.8 Å². The Kier molecular flexibility index (Phi) is 3.47. The Morgan fingerprint density at radius 2 is 2.11 bits per heavy atom. The number of aryl methyl sites for hydroxylation is 3. The van der Waals surface area contributed by atoms with Crippen LogP contribution in [-0.4, -0.2) is 19.9 Å². The SMILES string of the molecule is CCCc1nc(C(N)c2c(C)nn(C)c2C)no1. The molecule has 0 saturated heterocycles. The minimum absolute atomic E-state index is 0.381. The summed E-state index contributed by atoms with van der Waals surface area (Å²) in [5, 5.41) is 8.31. The Labute approximate surface area is 106 Å². The lowest BCUT2D eigenvalue weighted by Gasteiger charge is -2.07. The average Bonchev–Trinajstić information content (AvgIpc) is 2.86. The van der Waals surface area contributed by atoms with Crippen LogP contribution in [0.4, 0.5) is 0 Å². The van der Waals surface area contributed by atoms with Crippen molar-refractivity contribution < 1.29 is 4.52 Å². The lowest BCUT2D eigenvalue weighted by Crippen LogP contribution is -2.15. The van der Waals surface area contributed by atoms with Crippen LogP contribution in [0.1, 0.15) is 48.1 Å². The molecule has 0 fully saturated rings. The molecule has 2 heterocycles. The van der Waals surface area contributed by atoms with Gasteiger partial charge in [0, 0.05) is 24.7 Å². The molecule has 18 heavy (non-hydrogen) atoms. The Morgan fingerprint density at radius 3 is 2.67 bits per heavy atom. The van der Waals surface area contributed by atoms with Crippen molar-refractivity contribution in [2.75, 3.05) is 0 Å². The molecule has 0 aliphatic heterocycles. The minimum atomic E-state index is -0.381. The topological polar surface area (TPSA) is 82.8 Å². The van der Waals surface area contributed by atoms with E-state index in [1.165, 1.54) is 0 Å². The molecule has 6 nitrogen and oxygen atoms in total. The lowest BCUT2D eigenvalue weighted by molar-refractivity contribution is 0.370. The van der Waals surface area contributed by atoms with Gasteiger partial charge in [-0.15, -0.1) is 0 Å². The summed E-state index contributed by atoms with van der Waals surface area (Å²) in [6, 6.07) is -0.381. The summed E-state index contributed by atoms with van der Waals surface area (Å²) in [6.07, 6.45) is 1.76. The second-order valence-electron chi connectivity index (χ2n) is 4.48. The largest absolute Gasteiger partial charge is 0.339 e. The van der Waals surface area contributed by atoms with Crippen molar-refractivity contribution in [3.05, 3.63) is 28.7 Å². The van der Waals surface area contributed by atoms with Crippen LogP contribution >= 0.6 is 0 Å². The molecule has 0 aromatic carbocycles. The highest BCUT2D eigenvalue weighted by Crippen LogP contribution is 2.23. The third kappa shape index (κ3) is 2.15. The van der Waals surface area contributed by atoms with Gasteiger partial charge in [-0.2, -0.15) is 10.1 Å². The molecule has 98 valence electrons. The predicted octanol–water partition coefficient (Wildman–Crippen LogP) is 1.42. The lowest BCUT2D eigenvalue weighted by atomic mass is 10.1. The van der Waals surface area contributed by atoms with E-state index in [4.69, 9.17) is 10.3 Å². The molecule has 2 N–H and O–H groups in total. The Balaban J connectivity index is 2.32. The van der Waals surface area contributed by atoms with E-state index in [9.17, 15) is 0 Å². The fraction of sp³-hybridized carbons (Fsp3) is 0.583. The van der Waals surface area contributed by atoms with Gasteiger partial charge in [-0.25, -0.2) is 0 Å². The number of hydrogen-bond donors (Lipinski definition) is 1. The van der Waals surface area contributed by atoms with Gasteiger partial charge in [0.2, 0.25) is 5.89 Å². The van der Waals surface area contributed by atoms with Crippen molar-refractivity contribution in [2.24, 2.45) is 12.8 Å².